The first kappa shape index (κ1) is 15.5. The summed E-state index contributed by atoms with van der Waals surface area (Å²) in [5.41, 5.74) is 0. The Labute approximate surface area is 123 Å². The molecule has 1 aliphatic rings. The maximum atomic E-state index is 11.9. The maximum Gasteiger partial charge on any atom is 0.373 e. The van der Waals surface area contributed by atoms with Gasteiger partial charge in [-0.1, -0.05) is 0 Å². The fraction of sp³-hybridized carbons (Fsp3) is 0.571. The molecule has 7 heteroatoms. The van der Waals surface area contributed by atoms with E-state index >= 15 is 0 Å². The van der Waals surface area contributed by atoms with E-state index in [-0.39, 0.29) is 17.8 Å². The third kappa shape index (κ3) is 3.83. The minimum atomic E-state index is -0.511. The lowest BCUT2D eigenvalue weighted by Gasteiger charge is -2.33. The Morgan fingerprint density at radius 1 is 1.48 bits per heavy atom. The molecule has 1 unspecified atom stereocenters. The van der Waals surface area contributed by atoms with Crippen LogP contribution in [0.25, 0.3) is 0 Å². The first-order valence-electron chi connectivity index (χ1n) is 6.94. The number of nitrogens with one attached hydrogen (secondary N) is 1. The van der Waals surface area contributed by atoms with Gasteiger partial charge in [0, 0.05) is 19.6 Å². The summed E-state index contributed by atoms with van der Waals surface area (Å²) in [7, 11) is 1.30. The lowest BCUT2D eigenvalue weighted by Crippen LogP contribution is -2.54. The van der Waals surface area contributed by atoms with E-state index in [0.29, 0.717) is 32.0 Å². The van der Waals surface area contributed by atoms with Gasteiger partial charge in [-0.2, -0.15) is 0 Å². The van der Waals surface area contributed by atoms with Gasteiger partial charge in [-0.05, 0) is 19.1 Å². The number of furan rings is 1. The smallest absolute Gasteiger partial charge is 0.373 e. The van der Waals surface area contributed by atoms with Crippen LogP contribution in [0.2, 0.25) is 0 Å². The number of hydrogen-bond acceptors (Lipinski definition) is 7. The molecular formula is C14H20N2O5. The summed E-state index contributed by atoms with van der Waals surface area (Å²) in [6.07, 6.45) is 0. The predicted octanol–water partition coefficient (Wildman–Crippen LogP) is 0.403. The van der Waals surface area contributed by atoms with Gasteiger partial charge in [-0.25, -0.2) is 4.79 Å². The molecule has 0 spiro atoms. The van der Waals surface area contributed by atoms with Gasteiger partial charge in [0.1, 0.15) is 11.8 Å². The van der Waals surface area contributed by atoms with Crippen LogP contribution in [-0.2, 0) is 20.8 Å². The molecule has 116 valence electrons. The molecule has 0 radical (unpaired) electrons. The Morgan fingerprint density at radius 2 is 2.29 bits per heavy atom. The molecule has 1 N–H and O–H groups in total. The molecule has 1 atom stereocenters. The van der Waals surface area contributed by atoms with E-state index < -0.39 is 5.97 Å². The minimum Gasteiger partial charge on any atom is -0.465 e. The molecular weight excluding hydrogens is 276 g/mol. The number of hydrogen-bond donors (Lipinski definition) is 1. The lowest BCUT2D eigenvalue weighted by molar-refractivity contribution is -0.150. The van der Waals surface area contributed by atoms with E-state index in [1.54, 1.807) is 19.1 Å². The van der Waals surface area contributed by atoms with Crippen LogP contribution in [0.5, 0.6) is 0 Å². The van der Waals surface area contributed by atoms with Crippen molar-refractivity contribution in [3.8, 4) is 0 Å². The molecule has 1 fully saturated rings. The standard InChI is InChI=1S/C14H20N2O5/c1-3-20-13(17)11-8-15-6-7-16(11)9-10-4-5-12(21-10)14(18)19-2/h4-5,11,15H,3,6-9H2,1-2H3. The molecule has 1 aliphatic heterocycles. The Bertz CT molecular complexity index is 499. The Morgan fingerprint density at radius 3 is 3.00 bits per heavy atom. The van der Waals surface area contributed by atoms with Gasteiger partial charge in [0.15, 0.2) is 0 Å². The van der Waals surface area contributed by atoms with Crippen molar-refractivity contribution >= 4 is 11.9 Å². The average molecular weight is 296 g/mol. The SMILES string of the molecule is CCOC(=O)C1CNCCN1Cc1ccc(C(=O)OC)o1. The van der Waals surface area contributed by atoms with Crippen molar-refractivity contribution in [3.63, 3.8) is 0 Å². The van der Waals surface area contributed by atoms with Gasteiger partial charge in [-0.3, -0.25) is 9.69 Å². The minimum absolute atomic E-state index is 0.162. The van der Waals surface area contributed by atoms with Crippen LogP contribution >= 0.6 is 0 Å². The summed E-state index contributed by atoms with van der Waals surface area (Å²) in [5, 5.41) is 3.18. The van der Waals surface area contributed by atoms with Crippen molar-refractivity contribution in [2.24, 2.45) is 0 Å². The zero-order chi connectivity index (χ0) is 15.2. The molecule has 0 aromatic carbocycles. The fourth-order valence-corrected chi connectivity index (χ4v) is 2.28. The van der Waals surface area contributed by atoms with Crippen molar-refractivity contribution in [1.29, 1.82) is 0 Å². The number of carbonyl (C=O) groups excluding carboxylic acids is 2. The number of nitrogens with zero attached hydrogens (tertiary/aromatic N) is 1. The highest BCUT2D eigenvalue weighted by atomic mass is 16.5. The first-order chi connectivity index (χ1) is 10.2. The van der Waals surface area contributed by atoms with Gasteiger partial charge >= 0.3 is 11.9 Å². The first-order valence-corrected chi connectivity index (χ1v) is 6.94. The van der Waals surface area contributed by atoms with E-state index in [0.717, 1.165) is 6.54 Å². The average Bonchev–Trinajstić information content (AvgIpc) is 2.96. The molecule has 21 heavy (non-hydrogen) atoms. The van der Waals surface area contributed by atoms with Crippen LogP contribution in [0.1, 0.15) is 23.2 Å². The Hall–Kier alpha value is -1.86. The zero-order valence-corrected chi connectivity index (χ0v) is 12.3. The fourth-order valence-electron chi connectivity index (χ4n) is 2.28. The highest BCUT2D eigenvalue weighted by Crippen LogP contribution is 2.15. The molecule has 0 aliphatic carbocycles. The summed E-state index contributed by atoms with van der Waals surface area (Å²) in [6.45, 7) is 4.63. The third-order valence-electron chi connectivity index (χ3n) is 3.32. The number of esters is 2. The van der Waals surface area contributed by atoms with E-state index in [1.807, 2.05) is 4.90 Å². The summed E-state index contributed by atoms with van der Waals surface area (Å²) >= 11 is 0. The highest BCUT2D eigenvalue weighted by molar-refractivity contribution is 5.86. The van der Waals surface area contributed by atoms with Gasteiger partial charge in [0.2, 0.25) is 5.76 Å². The number of carbonyl (C=O) groups is 2. The van der Waals surface area contributed by atoms with E-state index in [2.05, 4.69) is 10.1 Å². The largest absolute Gasteiger partial charge is 0.465 e. The van der Waals surface area contributed by atoms with Crippen LogP contribution in [0.3, 0.4) is 0 Å². The second-order valence-electron chi connectivity index (χ2n) is 4.70. The number of methoxy groups -OCH3 is 1. The van der Waals surface area contributed by atoms with E-state index in [9.17, 15) is 9.59 Å². The monoisotopic (exact) mass is 296 g/mol. The predicted molar refractivity (Wildman–Crippen MR) is 73.7 cm³/mol. The molecule has 2 heterocycles. The molecule has 1 aromatic rings. The molecule has 2 rings (SSSR count). The van der Waals surface area contributed by atoms with E-state index in [4.69, 9.17) is 9.15 Å². The van der Waals surface area contributed by atoms with Crippen LogP contribution in [0, 0.1) is 0 Å². The van der Waals surface area contributed by atoms with Crippen molar-refractivity contribution in [2.75, 3.05) is 33.4 Å². The summed E-state index contributed by atoms with van der Waals surface area (Å²) < 4.78 is 15.1. The topological polar surface area (TPSA) is 81.0 Å². The highest BCUT2D eigenvalue weighted by Gasteiger charge is 2.30. The van der Waals surface area contributed by atoms with Gasteiger partial charge in [0.25, 0.3) is 0 Å². The van der Waals surface area contributed by atoms with Gasteiger partial charge < -0.3 is 19.2 Å². The normalized spacial score (nSPS) is 19.2. The quantitative estimate of drug-likeness (QED) is 0.788. The second kappa shape index (κ2) is 7.24. The third-order valence-corrected chi connectivity index (χ3v) is 3.32. The van der Waals surface area contributed by atoms with Gasteiger partial charge in [-0.15, -0.1) is 0 Å². The summed E-state index contributed by atoms with van der Waals surface area (Å²) in [4.78, 5) is 25.3. The number of piperazine rings is 1. The second-order valence-corrected chi connectivity index (χ2v) is 4.70. The van der Waals surface area contributed by atoms with Crippen molar-refractivity contribution < 1.29 is 23.5 Å². The Kier molecular flexibility index (Phi) is 5.35. The van der Waals surface area contributed by atoms with Crippen LogP contribution in [0.4, 0.5) is 0 Å². The molecule has 0 saturated carbocycles. The summed E-state index contributed by atoms with van der Waals surface area (Å²) in [5.74, 6) is 0.0230. The van der Waals surface area contributed by atoms with Crippen molar-refractivity contribution in [2.45, 2.75) is 19.5 Å². The van der Waals surface area contributed by atoms with Crippen molar-refractivity contribution in [1.82, 2.24) is 10.2 Å². The maximum absolute atomic E-state index is 11.9. The molecule has 1 aromatic heterocycles. The summed E-state index contributed by atoms with van der Waals surface area (Å²) in [6, 6.07) is 2.95. The lowest BCUT2D eigenvalue weighted by atomic mass is 10.2. The van der Waals surface area contributed by atoms with Crippen LogP contribution in [0.15, 0.2) is 16.5 Å². The zero-order valence-electron chi connectivity index (χ0n) is 12.3. The number of rotatable bonds is 5. The van der Waals surface area contributed by atoms with E-state index in [1.165, 1.54) is 7.11 Å². The van der Waals surface area contributed by atoms with Crippen LogP contribution in [-0.4, -0.2) is 56.2 Å². The number of ether oxygens (including phenoxy) is 2. The molecule has 0 amide bonds. The molecule has 7 nitrogen and oxygen atoms in total. The van der Waals surface area contributed by atoms with Crippen molar-refractivity contribution in [3.05, 3.63) is 23.7 Å². The Balaban J connectivity index is 2.03. The van der Waals surface area contributed by atoms with Crippen LogP contribution < -0.4 is 5.32 Å². The molecule has 1 saturated heterocycles. The molecule has 0 bridgehead atoms. The van der Waals surface area contributed by atoms with Gasteiger partial charge in [0.05, 0.1) is 20.3 Å².